The second kappa shape index (κ2) is 4.99. The standard InChI is InChI=1S/C11H14F3NO3/c1-10(9(17)18,11(12,13)14)15-8(16)7-5-3-2-4-6-7/h2-3,7H,4-6H2,1H3,(H,15,16)(H,17,18). The van der Waals surface area contributed by atoms with E-state index in [1.807, 2.05) is 6.08 Å². The van der Waals surface area contributed by atoms with Crippen molar-refractivity contribution in [1.29, 1.82) is 0 Å². The van der Waals surface area contributed by atoms with Gasteiger partial charge in [0, 0.05) is 5.92 Å². The summed E-state index contributed by atoms with van der Waals surface area (Å²) in [6.45, 7) is 0.450. The third kappa shape index (κ3) is 2.83. The number of hydrogen-bond donors (Lipinski definition) is 2. The smallest absolute Gasteiger partial charge is 0.422 e. The lowest BCUT2D eigenvalue weighted by Crippen LogP contribution is -2.62. The van der Waals surface area contributed by atoms with Crippen molar-refractivity contribution < 1.29 is 27.9 Å². The number of hydrogen-bond acceptors (Lipinski definition) is 2. The van der Waals surface area contributed by atoms with E-state index in [-0.39, 0.29) is 0 Å². The Morgan fingerprint density at radius 1 is 1.33 bits per heavy atom. The minimum Gasteiger partial charge on any atom is -0.479 e. The molecule has 0 saturated heterocycles. The molecule has 0 fully saturated rings. The Morgan fingerprint density at radius 3 is 2.33 bits per heavy atom. The summed E-state index contributed by atoms with van der Waals surface area (Å²) in [5, 5.41) is 10.3. The number of carboxylic acids is 1. The first-order chi connectivity index (χ1) is 8.18. The summed E-state index contributed by atoms with van der Waals surface area (Å²) in [4.78, 5) is 22.4. The van der Waals surface area contributed by atoms with Crippen molar-refractivity contribution in [1.82, 2.24) is 5.32 Å². The fraction of sp³-hybridized carbons (Fsp3) is 0.636. The van der Waals surface area contributed by atoms with Crippen molar-refractivity contribution in [2.75, 3.05) is 0 Å². The number of carboxylic acid groups (broad SMARTS) is 1. The first kappa shape index (κ1) is 14.5. The molecule has 2 atom stereocenters. The van der Waals surface area contributed by atoms with Crippen LogP contribution in [0.25, 0.3) is 0 Å². The lowest BCUT2D eigenvalue weighted by Gasteiger charge is -2.30. The van der Waals surface area contributed by atoms with Crippen molar-refractivity contribution in [2.45, 2.75) is 37.9 Å². The third-order valence-corrected chi connectivity index (χ3v) is 3.01. The van der Waals surface area contributed by atoms with E-state index in [1.165, 1.54) is 0 Å². The lowest BCUT2D eigenvalue weighted by molar-refractivity contribution is -0.207. The topological polar surface area (TPSA) is 66.4 Å². The van der Waals surface area contributed by atoms with E-state index in [0.29, 0.717) is 26.2 Å². The SMILES string of the molecule is CC(NC(=O)C1CC=CCC1)(C(=O)O)C(F)(F)F. The van der Waals surface area contributed by atoms with Gasteiger partial charge < -0.3 is 10.4 Å². The zero-order valence-corrected chi connectivity index (χ0v) is 9.75. The highest BCUT2D eigenvalue weighted by Gasteiger charge is 2.58. The Labute approximate surface area is 102 Å². The van der Waals surface area contributed by atoms with Crippen molar-refractivity contribution in [3.63, 3.8) is 0 Å². The molecule has 18 heavy (non-hydrogen) atoms. The van der Waals surface area contributed by atoms with Crippen molar-refractivity contribution in [3.05, 3.63) is 12.2 Å². The summed E-state index contributed by atoms with van der Waals surface area (Å²) in [5.41, 5.74) is -3.24. The molecule has 1 rings (SSSR count). The van der Waals surface area contributed by atoms with Gasteiger partial charge in [0.15, 0.2) is 0 Å². The molecule has 4 nitrogen and oxygen atoms in total. The van der Waals surface area contributed by atoms with Gasteiger partial charge in [-0.3, -0.25) is 4.79 Å². The molecule has 7 heteroatoms. The Morgan fingerprint density at radius 2 is 1.94 bits per heavy atom. The van der Waals surface area contributed by atoms with Crippen LogP contribution in [0, 0.1) is 5.92 Å². The van der Waals surface area contributed by atoms with Crippen LogP contribution < -0.4 is 5.32 Å². The number of carbonyl (C=O) groups excluding carboxylic acids is 1. The van der Waals surface area contributed by atoms with E-state index in [2.05, 4.69) is 0 Å². The van der Waals surface area contributed by atoms with Crippen LogP contribution in [0.4, 0.5) is 13.2 Å². The predicted octanol–water partition coefficient (Wildman–Crippen LogP) is 1.86. The van der Waals surface area contributed by atoms with Crippen molar-refractivity contribution in [3.8, 4) is 0 Å². The van der Waals surface area contributed by atoms with Gasteiger partial charge in [-0.15, -0.1) is 0 Å². The van der Waals surface area contributed by atoms with Crippen LogP contribution in [0.3, 0.4) is 0 Å². The van der Waals surface area contributed by atoms with Gasteiger partial charge in [-0.25, -0.2) is 4.79 Å². The largest absolute Gasteiger partial charge is 0.479 e. The molecule has 0 heterocycles. The Hall–Kier alpha value is -1.53. The van der Waals surface area contributed by atoms with E-state index < -0.39 is 29.5 Å². The van der Waals surface area contributed by atoms with Crippen LogP contribution in [0.1, 0.15) is 26.2 Å². The van der Waals surface area contributed by atoms with Crippen molar-refractivity contribution >= 4 is 11.9 Å². The number of aliphatic carboxylic acids is 1. The number of amides is 1. The Bertz CT molecular complexity index is 378. The highest BCUT2D eigenvalue weighted by atomic mass is 19.4. The number of rotatable bonds is 3. The first-order valence-electron chi connectivity index (χ1n) is 5.45. The van der Waals surface area contributed by atoms with Gasteiger partial charge in [0.25, 0.3) is 0 Å². The third-order valence-electron chi connectivity index (χ3n) is 3.01. The fourth-order valence-electron chi connectivity index (χ4n) is 1.63. The van der Waals surface area contributed by atoms with E-state index in [0.717, 1.165) is 0 Å². The maximum atomic E-state index is 12.7. The number of carbonyl (C=O) groups is 2. The van der Waals surface area contributed by atoms with Crippen LogP contribution >= 0.6 is 0 Å². The highest BCUT2D eigenvalue weighted by molar-refractivity contribution is 5.88. The molecule has 1 aliphatic carbocycles. The zero-order chi connectivity index (χ0) is 14.0. The average Bonchev–Trinajstić information content (AvgIpc) is 2.28. The molecule has 0 aromatic heterocycles. The Balaban J connectivity index is 2.82. The maximum Gasteiger partial charge on any atom is 0.422 e. The van der Waals surface area contributed by atoms with E-state index in [4.69, 9.17) is 5.11 Å². The molecular weight excluding hydrogens is 251 g/mol. The van der Waals surface area contributed by atoms with Gasteiger partial charge in [-0.1, -0.05) is 12.2 Å². The molecule has 0 spiro atoms. The van der Waals surface area contributed by atoms with Gasteiger partial charge in [0.1, 0.15) is 0 Å². The summed E-state index contributed by atoms with van der Waals surface area (Å²) in [6.07, 6.45) is -0.133. The second-order valence-electron chi connectivity index (χ2n) is 4.40. The summed E-state index contributed by atoms with van der Waals surface area (Å²) >= 11 is 0. The lowest BCUT2D eigenvalue weighted by atomic mass is 9.92. The van der Waals surface area contributed by atoms with Crippen LogP contribution in [0.15, 0.2) is 12.2 Å². The maximum absolute atomic E-state index is 12.7. The van der Waals surface area contributed by atoms with Crippen LogP contribution in [0.2, 0.25) is 0 Å². The second-order valence-corrected chi connectivity index (χ2v) is 4.40. The number of allylic oxidation sites excluding steroid dienone is 2. The summed E-state index contributed by atoms with van der Waals surface area (Å²) in [7, 11) is 0. The van der Waals surface area contributed by atoms with Crippen molar-refractivity contribution in [2.24, 2.45) is 5.92 Å². The number of alkyl halides is 3. The van der Waals surface area contributed by atoms with Gasteiger partial charge in [0.2, 0.25) is 11.4 Å². The molecule has 102 valence electrons. The molecular formula is C11H14F3NO3. The van der Waals surface area contributed by atoms with Gasteiger partial charge in [-0.05, 0) is 26.2 Å². The van der Waals surface area contributed by atoms with Gasteiger partial charge in [-0.2, -0.15) is 13.2 Å². The molecule has 0 bridgehead atoms. The van der Waals surface area contributed by atoms with E-state index >= 15 is 0 Å². The average molecular weight is 265 g/mol. The molecule has 0 aromatic rings. The zero-order valence-electron chi connectivity index (χ0n) is 9.75. The van der Waals surface area contributed by atoms with Crippen LogP contribution in [-0.4, -0.2) is 28.7 Å². The molecule has 0 radical (unpaired) electrons. The summed E-state index contributed by atoms with van der Waals surface area (Å²) < 4.78 is 38.0. The minimum atomic E-state index is -5.04. The van der Waals surface area contributed by atoms with Crippen LogP contribution in [0.5, 0.6) is 0 Å². The molecule has 1 amide bonds. The Kier molecular flexibility index (Phi) is 4.03. The molecule has 2 N–H and O–H groups in total. The number of nitrogens with one attached hydrogen (secondary N) is 1. The molecule has 0 aliphatic heterocycles. The van der Waals surface area contributed by atoms with E-state index in [9.17, 15) is 22.8 Å². The highest BCUT2D eigenvalue weighted by Crippen LogP contribution is 2.31. The fourth-order valence-corrected chi connectivity index (χ4v) is 1.63. The normalized spacial score (nSPS) is 23.2. The predicted molar refractivity (Wildman–Crippen MR) is 56.7 cm³/mol. The monoisotopic (exact) mass is 265 g/mol. The number of halogens is 3. The summed E-state index contributed by atoms with van der Waals surface area (Å²) in [5.74, 6) is -3.59. The van der Waals surface area contributed by atoms with E-state index in [1.54, 1.807) is 11.4 Å². The molecule has 0 saturated carbocycles. The molecule has 2 unspecified atom stereocenters. The quantitative estimate of drug-likeness (QED) is 0.765. The first-order valence-corrected chi connectivity index (χ1v) is 5.45. The molecule has 1 aliphatic rings. The summed E-state index contributed by atoms with van der Waals surface area (Å²) in [6, 6.07) is 0. The van der Waals surface area contributed by atoms with Gasteiger partial charge >= 0.3 is 12.1 Å². The van der Waals surface area contributed by atoms with Crippen LogP contribution in [-0.2, 0) is 9.59 Å². The molecule has 0 aromatic carbocycles. The van der Waals surface area contributed by atoms with Gasteiger partial charge in [0.05, 0.1) is 0 Å². The minimum absolute atomic E-state index is 0.333.